The van der Waals surface area contributed by atoms with Gasteiger partial charge in [-0.1, -0.05) is 30.3 Å². The number of hydrogen-bond acceptors (Lipinski definition) is 10. The highest BCUT2D eigenvalue weighted by molar-refractivity contribution is 5.96. The second kappa shape index (κ2) is 20.3. The van der Waals surface area contributed by atoms with Crippen molar-refractivity contribution in [1.82, 2.24) is 45.4 Å². The van der Waals surface area contributed by atoms with Crippen molar-refractivity contribution in [2.24, 2.45) is 0 Å². The number of benzene rings is 2. The third kappa shape index (κ3) is 11.4. The number of carbonyl (C=O) groups is 3. The van der Waals surface area contributed by atoms with Gasteiger partial charge in [0.2, 0.25) is 11.8 Å². The summed E-state index contributed by atoms with van der Waals surface area (Å²) in [6, 6.07) is 17.4. The number of rotatable bonds is 14. The molecule has 0 atom stereocenters. The summed E-state index contributed by atoms with van der Waals surface area (Å²) in [5.41, 5.74) is 6.05. The SMILES string of the molecule is CC(C)NC(=O)CN1CCN(Cc2ccc(-c3cccc(Oc4ncc(F)cc4C(=O)N[C@H]4CC[C@H](NC(=O)c5cc6n(n5)CCCC6)CC4)c3)c(CN3CCOCC3)c2)CC1. The van der Waals surface area contributed by atoms with Crippen LogP contribution in [0.5, 0.6) is 11.6 Å². The molecule has 62 heavy (non-hydrogen) atoms. The number of aryl methyl sites for hydroxylation is 2. The zero-order valence-electron chi connectivity index (χ0n) is 36.0. The maximum absolute atomic E-state index is 14.6. The molecule has 2 aromatic carbocycles. The quantitative estimate of drug-likeness (QED) is 0.156. The smallest absolute Gasteiger partial charge is 0.272 e. The fourth-order valence-corrected chi connectivity index (χ4v) is 9.04. The molecule has 15 heteroatoms. The lowest BCUT2D eigenvalue weighted by molar-refractivity contribution is -0.123. The molecule has 2 aromatic heterocycles. The maximum atomic E-state index is 14.6. The first-order chi connectivity index (χ1) is 30.1. The third-order valence-corrected chi connectivity index (χ3v) is 12.3. The van der Waals surface area contributed by atoms with Gasteiger partial charge in [-0.2, -0.15) is 5.10 Å². The Morgan fingerprint density at radius 3 is 2.29 bits per heavy atom. The van der Waals surface area contributed by atoms with Gasteiger partial charge in [0.1, 0.15) is 22.8 Å². The lowest BCUT2D eigenvalue weighted by atomic mass is 9.91. The van der Waals surface area contributed by atoms with E-state index in [0.717, 1.165) is 101 Å². The summed E-state index contributed by atoms with van der Waals surface area (Å²) in [4.78, 5) is 50.3. The predicted octanol–water partition coefficient (Wildman–Crippen LogP) is 5.16. The van der Waals surface area contributed by atoms with Gasteiger partial charge in [-0.3, -0.25) is 33.8 Å². The molecule has 14 nitrogen and oxygen atoms in total. The first-order valence-electron chi connectivity index (χ1n) is 22.4. The number of piperazine rings is 1. The number of amides is 3. The number of fused-ring (bicyclic) bond motifs is 1. The first-order valence-corrected chi connectivity index (χ1v) is 22.4. The normalized spacial score (nSPS) is 20.1. The van der Waals surface area contributed by atoms with Gasteiger partial charge in [-0.15, -0.1) is 0 Å². The molecule has 1 aliphatic carbocycles. The van der Waals surface area contributed by atoms with E-state index in [1.807, 2.05) is 48.9 Å². The van der Waals surface area contributed by atoms with Crippen LogP contribution in [0.15, 0.2) is 60.8 Å². The maximum Gasteiger partial charge on any atom is 0.272 e. The number of hydrogen-bond donors (Lipinski definition) is 3. The second-order valence-corrected chi connectivity index (χ2v) is 17.5. The van der Waals surface area contributed by atoms with Crippen LogP contribution >= 0.6 is 0 Å². The fraction of sp³-hybridized carbons (Fsp3) is 0.511. The van der Waals surface area contributed by atoms with E-state index in [4.69, 9.17) is 9.47 Å². The van der Waals surface area contributed by atoms with Crippen molar-refractivity contribution >= 4 is 17.7 Å². The minimum absolute atomic E-state index is 0.0144. The van der Waals surface area contributed by atoms with E-state index >= 15 is 0 Å². The molecule has 0 spiro atoms. The second-order valence-electron chi connectivity index (χ2n) is 17.5. The van der Waals surface area contributed by atoms with Gasteiger partial charge in [0.05, 0.1) is 26.0 Å². The molecule has 3 fully saturated rings. The Kier molecular flexibility index (Phi) is 14.2. The molecule has 0 unspecified atom stereocenters. The highest BCUT2D eigenvalue weighted by Gasteiger charge is 2.28. The van der Waals surface area contributed by atoms with Crippen LogP contribution in [0.1, 0.15) is 90.0 Å². The number of ether oxygens (including phenoxy) is 2. The third-order valence-electron chi connectivity index (χ3n) is 12.3. The molecular weight excluding hydrogens is 790 g/mol. The average Bonchev–Trinajstić information content (AvgIpc) is 3.71. The Labute approximate surface area is 363 Å². The Morgan fingerprint density at radius 1 is 0.823 bits per heavy atom. The van der Waals surface area contributed by atoms with E-state index < -0.39 is 11.7 Å². The van der Waals surface area contributed by atoms with Crippen molar-refractivity contribution in [3.8, 4) is 22.8 Å². The number of nitrogens with zero attached hydrogens (tertiary/aromatic N) is 6. The van der Waals surface area contributed by atoms with Gasteiger partial charge in [-0.05, 0) is 105 Å². The topological polar surface area (TPSA) is 146 Å². The van der Waals surface area contributed by atoms with Crippen LogP contribution in [0.3, 0.4) is 0 Å². The van der Waals surface area contributed by atoms with Crippen LogP contribution in [-0.2, 0) is 35.6 Å². The van der Waals surface area contributed by atoms with Gasteiger partial charge in [0.15, 0.2) is 0 Å². The van der Waals surface area contributed by atoms with E-state index in [-0.39, 0.29) is 41.4 Å². The van der Waals surface area contributed by atoms with E-state index in [1.54, 1.807) is 0 Å². The Morgan fingerprint density at radius 2 is 1.55 bits per heavy atom. The molecule has 0 radical (unpaired) electrons. The van der Waals surface area contributed by atoms with Gasteiger partial charge in [0.25, 0.3) is 11.8 Å². The molecular formula is C47H60FN9O5. The van der Waals surface area contributed by atoms with Gasteiger partial charge in [0, 0.05) is 82.7 Å². The van der Waals surface area contributed by atoms with E-state index in [1.165, 1.54) is 17.2 Å². The lowest BCUT2D eigenvalue weighted by Crippen LogP contribution is -2.49. The minimum Gasteiger partial charge on any atom is -0.438 e. The fourth-order valence-electron chi connectivity index (χ4n) is 9.04. The van der Waals surface area contributed by atoms with Crippen molar-refractivity contribution in [2.45, 2.75) is 96.6 Å². The van der Waals surface area contributed by atoms with Crippen molar-refractivity contribution in [1.29, 1.82) is 0 Å². The average molecular weight is 850 g/mol. The van der Waals surface area contributed by atoms with Crippen molar-refractivity contribution < 1.29 is 28.2 Å². The summed E-state index contributed by atoms with van der Waals surface area (Å²) in [5, 5.41) is 13.7. The van der Waals surface area contributed by atoms with E-state index in [2.05, 4.69) is 58.9 Å². The number of nitrogens with one attached hydrogen (secondary N) is 3. The number of morpholine rings is 1. The van der Waals surface area contributed by atoms with Crippen LogP contribution in [0, 0.1) is 5.82 Å². The predicted molar refractivity (Wildman–Crippen MR) is 233 cm³/mol. The monoisotopic (exact) mass is 849 g/mol. The molecule has 4 aliphatic rings. The Balaban J connectivity index is 0.905. The van der Waals surface area contributed by atoms with Crippen LogP contribution in [-0.4, -0.2) is 124 Å². The first kappa shape index (κ1) is 43.4. The zero-order chi connectivity index (χ0) is 43.0. The zero-order valence-corrected chi connectivity index (χ0v) is 36.0. The van der Waals surface area contributed by atoms with Crippen LogP contribution in [0.25, 0.3) is 11.1 Å². The minimum atomic E-state index is -0.632. The summed E-state index contributed by atoms with van der Waals surface area (Å²) in [6.45, 7) is 13.4. The molecule has 3 N–H and O–H groups in total. The van der Waals surface area contributed by atoms with Crippen LogP contribution in [0.4, 0.5) is 4.39 Å². The molecule has 330 valence electrons. The molecule has 1 saturated carbocycles. The molecule has 8 rings (SSSR count). The summed E-state index contributed by atoms with van der Waals surface area (Å²) in [6.07, 6.45) is 6.93. The number of aromatic nitrogens is 3. The number of halogens is 1. The molecule has 5 heterocycles. The van der Waals surface area contributed by atoms with E-state index in [9.17, 15) is 18.8 Å². The van der Waals surface area contributed by atoms with Gasteiger partial charge < -0.3 is 25.4 Å². The molecule has 0 bridgehead atoms. The summed E-state index contributed by atoms with van der Waals surface area (Å²) in [7, 11) is 0. The summed E-state index contributed by atoms with van der Waals surface area (Å²) in [5.74, 6) is -0.675. The van der Waals surface area contributed by atoms with Crippen LogP contribution in [0.2, 0.25) is 0 Å². The van der Waals surface area contributed by atoms with Crippen molar-refractivity contribution in [2.75, 3.05) is 59.0 Å². The Hall–Kier alpha value is -5.22. The van der Waals surface area contributed by atoms with Crippen LogP contribution < -0.4 is 20.7 Å². The highest BCUT2D eigenvalue weighted by atomic mass is 19.1. The molecule has 3 aliphatic heterocycles. The van der Waals surface area contributed by atoms with E-state index in [0.29, 0.717) is 56.9 Å². The summed E-state index contributed by atoms with van der Waals surface area (Å²) >= 11 is 0. The highest BCUT2D eigenvalue weighted by Crippen LogP contribution is 2.32. The molecule has 4 aromatic rings. The largest absolute Gasteiger partial charge is 0.438 e. The molecule has 3 amide bonds. The number of carbonyl (C=O) groups excluding carboxylic acids is 3. The standard InChI is InChI=1S/C47H60FN9O5/c1-32(2)50-44(58)31-55-18-16-54(17-19-55)29-33-9-14-41(35(24-33)30-56-20-22-61-23-21-56)34-6-5-8-40(25-34)62-47-42(26-36(48)28-49-47)45(59)51-37-10-12-38(13-11-37)52-46(60)43-27-39-7-3-4-15-57(39)53-43/h5-6,8-9,14,24-28,32,37-38H,3-4,7,10-13,15-23,29-31H2,1-2H3,(H,50,58)(H,51,59)(H,52,60)/t37-,38-. The Bertz CT molecular complexity index is 2170. The van der Waals surface area contributed by atoms with Gasteiger partial charge >= 0.3 is 0 Å². The van der Waals surface area contributed by atoms with Gasteiger partial charge in [-0.25, -0.2) is 9.37 Å². The van der Waals surface area contributed by atoms with Crippen molar-refractivity contribution in [3.05, 3.63) is 94.7 Å². The number of pyridine rings is 1. The van der Waals surface area contributed by atoms with Crippen molar-refractivity contribution in [3.63, 3.8) is 0 Å². The summed E-state index contributed by atoms with van der Waals surface area (Å²) < 4.78 is 28.5. The molecule has 2 saturated heterocycles. The lowest BCUT2D eigenvalue weighted by Gasteiger charge is -2.34.